The Kier molecular flexibility index (Phi) is 3.92. The zero-order valence-corrected chi connectivity index (χ0v) is 12.8. The van der Waals surface area contributed by atoms with Gasteiger partial charge in [0.1, 0.15) is 5.52 Å². The molecule has 2 atom stereocenters. The highest BCUT2D eigenvalue weighted by Gasteiger charge is 2.26. The molecule has 21 heavy (non-hydrogen) atoms. The first-order valence-corrected chi connectivity index (χ1v) is 7.69. The third kappa shape index (κ3) is 2.78. The van der Waals surface area contributed by atoms with Crippen LogP contribution in [0, 0.1) is 0 Å². The summed E-state index contributed by atoms with van der Waals surface area (Å²) in [5.41, 5.74) is 5.01. The number of nitrogens with zero attached hydrogens (tertiary/aromatic N) is 4. The fourth-order valence-electron chi connectivity index (χ4n) is 2.92. The molecule has 3 heterocycles. The summed E-state index contributed by atoms with van der Waals surface area (Å²) in [4.78, 5) is 16.3. The van der Waals surface area contributed by atoms with Gasteiger partial charge in [0.25, 0.3) is 0 Å². The first-order chi connectivity index (χ1) is 10.2. The van der Waals surface area contributed by atoms with Gasteiger partial charge in [0.05, 0.1) is 6.33 Å². The van der Waals surface area contributed by atoms with Crippen molar-refractivity contribution in [3.05, 3.63) is 6.33 Å². The predicted molar refractivity (Wildman–Crippen MR) is 84.1 cm³/mol. The smallest absolute Gasteiger partial charge is 0.226 e. The number of aromatic amines is 1. The van der Waals surface area contributed by atoms with Gasteiger partial charge in [-0.25, -0.2) is 9.99 Å². The van der Waals surface area contributed by atoms with E-state index in [2.05, 4.69) is 49.5 Å². The van der Waals surface area contributed by atoms with E-state index in [1.165, 1.54) is 19.3 Å². The molecule has 1 aliphatic heterocycles. The maximum absolute atomic E-state index is 4.58. The van der Waals surface area contributed by atoms with Crippen LogP contribution in [0.2, 0.25) is 0 Å². The van der Waals surface area contributed by atoms with Crippen molar-refractivity contribution in [2.75, 3.05) is 17.3 Å². The second kappa shape index (κ2) is 5.85. The highest BCUT2D eigenvalue weighted by atomic mass is 15.6. The number of rotatable bonds is 4. The summed E-state index contributed by atoms with van der Waals surface area (Å²) < 4.78 is 0. The summed E-state index contributed by atoms with van der Waals surface area (Å²) in [6, 6.07) is 0.980. The van der Waals surface area contributed by atoms with Crippen molar-refractivity contribution in [2.24, 2.45) is 0 Å². The Morgan fingerprint density at radius 2 is 2.05 bits per heavy atom. The van der Waals surface area contributed by atoms with Crippen LogP contribution in [0.5, 0.6) is 0 Å². The normalized spacial score (nSPS) is 23.4. The maximum atomic E-state index is 4.58. The van der Waals surface area contributed by atoms with Crippen LogP contribution >= 0.6 is 0 Å². The van der Waals surface area contributed by atoms with Gasteiger partial charge in [-0.2, -0.15) is 9.97 Å². The predicted octanol–water partition coefficient (Wildman–Crippen LogP) is 2.37. The number of hydrogen-bond acceptors (Lipinski definition) is 6. The molecule has 0 aromatic carbocycles. The van der Waals surface area contributed by atoms with E-state index in [0.717, 1.165) is 17.9 Å². The summed E-state index contributed by atoms with van der Waals surface area (Å²) in [5.74, 6) is 1.39. The fraction of sp³-hybridized carbons (Fsp3) is 0.643. The van der Waals surface area contributed by atoms with Crippen molar-refractivity contribution in [3.63, 3.8) is 0 Å². The summed E-state index contributed by atoms with van der Waals surface area (Å²) in [7, 11) is 0. The molecule has 0 amide bonds. The Morgan fingerprint density at radius 3 is 2.76 bits per heavy atom. The number of aromatic nitrogens is 4. The minimum absolute atomic E-state index is 0.490. The number of hydrazine groups is 1. The second-order valence-electron chi connectivity index (χ2n) is 5.68. The van der Waals surface area contributed by atoms with Gasteiger partial charge in [-0.3, -0.25) is 0 Å². The van der Waals surface area contributed by atoms with E-state index in [1.54, 1.807) is 6.33 Å². The molecule has 0 bridgehead atoms. The van der Waals surface area contributed by atoms with Crippen molar-refractivity contribution in [2.45, 2.75) is 52.1 Å². The topological polar surface area (TPSA) is 81.8 Å². The van der Waals surface area contributed by atoms with Crippen molar-refractivity contribution in [3.8, 4) is 0 Å². The SMILES string of the molecule is CCNc1nc(NN2C(C)CCCC2C)c2[nH]cnc2n1. The molecule has 114 valence electrons. The van der Waals surface area contributed by atoms with Crippen LogP contribution in [0.4, 0.5) is 11.8 Å². The third-order valence-electron chi connectivity index (χ3n) is 4.05. The second-order valence-corrected chi connectivity index (χ2v) is 5.68. The lowest BCUT2D eigenvalue weighted by atomic mass is 10.00. The molecule has 2 aromatic heterocycles. The molecule has 1 aliphatic rings. The Balaban J connectivity index is 1.92. The van der Waals surface area contributed by atoms with Crippen LogP contribution in [0.15, 0.2) is 6.33 Å². The number of hydrogen-bond donors (Lipinski definition) is 3. The first-order valence-electron chi connectivity index (χ1n) is 7.69. The number of nitrogens with one attached hydrogen (secondary N) is 3. The van der Waals surface area contributed by atoms with Gasteiger partial charge in [0.15, 0.2) is 11.5 Å². The van der Waals surface area contributed by atoms with Crippen LogP contribution < -0.4 is 10.7 Å². The van der Waals surface area contributed by atoms with E-state index in [1.807, 2.05) is 6.92 Å². The van der Waals surface area contributed by atoms with Gasteiger partial charge in [-0.1, -0.05) is 6.42 Å². The molecule has 3 N–H and O–H groups in total. The van der Waals surface area contributed by atoms with Gasteiger partial charge in [-0.05, 0) is 33.6 Å². The standard InChI is InChI=1S/C14H23N7/c1-4-15-14-18-12-11(16-8-17-12)13(19-14)20-21-9(2)6-5-7-10(21)3/h8-10H,4-7H2,1-3H3,(H3,15,16,17,18,19,20). The summed E-state index contributed by atoms with van der Waals surface area (Å²) in [6.45, 7) is 7.31. The zero-order chi connectivity index (χ0) is 14.8. The molecule has 7 nitrogen and oxygen atoms in total. The lowest BCUT2D eigenvalue weighted by molar-refractivity contribution is 0.135. The molecule has 2 aromatic rings. The van der Waals surface area contributed by atoms with Crippen molar-refractivity contribution in [1.82, 2.24) is 24.9 Å². The Bertz CT molecular complexity index is 598. The summed E-state index contributed by atoms with van der Waals surface area (Å²) in [5, 5.41) is 5.45. The first kappa shape index (κ1) is 14.1. The Labute approximate surface area is 124 Å². The number of fused-ring (bicyclic) bond motifs is 1. The van der Waals surface area contributed by atoms with E-state index in [4.69, 9.17) is 0 Å². The minimum Gasteiger partial charge on any atom is -0.354 e. The molecule has 3 rings (SSSR count). The van der Waals surface area contributed by atoms with Crippen molar-refractivity contribution in [1.29, 1.82) is 0 Å². The highest BCUT2D eigenvalue weighted by Crippen LogP contribution is 2.25. The zero-order valence-electron chi connectivity index (χ0n) is 12.8. The number of H-pyrrole nitrogens is 1. The molecular formula is C14H23N7. The molecule has 2 unspecified atom stereocenters. The van der Waals surface area contributed by atoms with Gasteiger partial charge < -0.3 is 15.7 Å². The van der Waals surface area contributed by atoms with Gasteiger partial charge >= 0.3 is 0 Å². The van der Waals surface area contributed by atoms with Crippen LogP contribution in [0.1, 0.15) is 40.0 Å². The van der Waals surface area contributed by atoms with E-state index in [9.17, 15) is 0 Å². The molecule has 0 radical (unpaired) electrons. The van der Waals surface area contributed by atoms with E-state index >= 15 is 0 Å². The Morgan fingerprint density at radius 1 is 1.29 bits per heavy atom. The molecular weight excluding hydrogens is 266 g/mol. The average Bonchev–Trinajstić information content (AvgIpc) is 2.92. The largest absolute Gasteiger partial charge is 0.354 e. The van der Waals surface area contributed by atoms with Crippen molar-refractivity contribution >= 4 is 22.9 Å². The monoisotopic (exact) mass is 289 g/mol. The molecule has 0 aliphatic carbocycles. The minimum atomic E-state index is 0.490. The van der Waals surface area contributed by atoms with Crippen LogP contribution in [0.25, 0.3) is 11.2 Å². The fourth-order valence-corrected chi connectivity index (χ4v) is 2.92. The number of imidazole rings is 1. The van der Waals surface area contributed by atoms with Crippen LogP contribution in [-0.4, -0.2) is 43.6 Å². The Hall–Kier alpha value is -1.89. The van der Waals surface area contributed by atoms with E-state index in [0.29, 0.717) is 23.7 Å². The van der Waals surface area contributed by atoms with Gasteiger partial charge in [-0.15, -0.1) is 0 Å². The maximum Gasteiger partial charge on any atom is 0.226 e. The van der Waals surface area contributed by atoms with Gasteiger partial charge in [0.2, 0.25) is 5.95 Å². The summed E-state index contributed by atoms with van der Waals surface area (Å²) in [6.07, 6.45) is 5.35. The molecule has 7 heteroatoms. The van der Waals surface area contributed by atoms with Crippen molar-refractivity contribution < 1.29 is 0 Å². The lowest BCUT2D eigenvalue weighted by Crippen LogP contribution is -2.47. The molecule has 1 saturated heterocycles. The molecule has 1 fully saturated rings. The highest BCUT2D eigenvalue weighted by molar-refractivity contribution is 5.83. The third-order valence-corrected chi connectivity index (χ3v) is 4.05. The lowest BCUT2D eigenvalue weighted by Gasteiger charge is -2.39. The number of piperidine rings is 1. The van der Waals surface area contributed by atoms with Crippen LogP contribution in [0.3, 0.4) is 0 Å². The number of anilines is 2. The van der Waals surface area contributed by atoms with Gasteiger partial charge in [0, 0.05) is 18.6 Å². The van der Waals surface area contributed by atoms with E-state index in [-0.39, 0.29) is 0 Å². The molecule has 0 saturated carbocycles. The van der Waals surface area contributed by atoms with E-state index < -0.39 is 0 Å². The van der Waals surface area contributed by atoms with Crippen LogP contribution in [-0.2, 0) is 0 Å². The quantitative estimate of drug-likeness (QED) is 0.801. The summed E-state index contributed by atoms with van der Waals surface area (Å²) >= 11 is 0. The average molecular weight is 289 g/mol. The molecule has 0 spiro atoms.